The molecule has 102 valence electrons. The highest BCUT2D eigenvalue weighted by Crippen LogP contribution is 2.33. The van der Waals surface area contributed by atoms with Crippen LogP contribution in [-0.4, -0.2) is 39.0 Å². The van der Waals surface area contributed by atoms with Crippen molar-refractivity contribution in [1.82, 2.24) is 0 Å². The van der Waals surface area contributed by atoms with Crippen molar-refractivity contribution in [3.8, 4) is 5.75 Å². The van der Waals surface area contributed by atoms with Gasteiger partial charge in [-0.2, -0.15) is 0 Å². The van der Waals surface area contributed by atoms with Crippen LogP contribution in [0, 0.1) is 0 Å². The summed E-state index contributed by atoms with van der Waals surface area (Å²) < 4.78 is 10.7. The van der Waals surface area contributed by atoms with E-state index in [1.54, 1.807) is 14.0 Å². The second-order valence-corrected chi connectivity index (χ2v) is 4.19. The summed E-state index contributed by atoms with van der Waals surface area (Å²) >= 11 is 0. The minimum atomic E-state index is -0.564. The molecule has 0 saturated carbocycles. The fourth-order valence-corrected chi connectivity index (χ4v) is 1.93. The number of likely N-dealkylation sites (N-methyl/N-ethyl adjacent to an activating group) is 1. The maximum Gasteiger partial charge on any atom is 0.126 e. The molecule has 0 aliphatic rings. The molecule has 0 unspecified atom stereocenters. The summed E-state index contributed by atoms with van der Waals surface area (Å²) in [4.78, 5) is 2.07. The van der Waals surface area contributed by atoms with Gasteiger partial charge in [0.05, 0.1) is 19.8 Å². The number of nitrogens with zero attached hydrogens (tertiary/aromatic N) is 1. The number of rotatable bonds is 7. The smallest absolute Gasteiger partial charge is 0.126 e. The Balaban J connectivity index is 2.92. The summed E-state index contributed by atoms with van der Waals surface area (Å²) in [5.74, 6) is 0.714. The molecular formula is C14H23NO3. The zero-order chi connectivity index (χ0) is 13.5. The number of aliphatic hydroxyl groups is 1. The Morgan fingerprint density at radius 2 is 2.11 bits per heavy atom. The molecule has 0 aliphatic carbocycles. The zero-order valence-corrected chi connectivity index (χ0v) is 11.6. The largest absolute Gasteiger partial charge is 0.496 e. The maximum absolute atomic E-state index is 9.90. The Morgan fingerprint density at radius 3 is 2.67 bits per heavy atom. The van der Waals surface area contributed by atoms with E-state index in [1.165, 1.54) is 0 Å². The maximum atomic E-state index is 9.90. The number of anilines is 1. The van der Waals surface area contributed by atoms with Gasteiger partial charge >= 0.3 is 0 Å². The van der Waals surface area contributed by atoms with Crippen LogP contribution in [0.5, 0.6) is 5.75 Å². The fraction of sp³-hybridized carbons (Fsp3) is 0.571. The van der Waals surface area contributed by atoms with Gasteiger partial charge < -0.3 is 19.5 Å². The third-order valence-electron chi connectivity index (χ3n) is 2.87. The standard InChI is InChI=1S/C14H23NO3/c1-5-18-10-9-15(3)12-7-6-8-13(17-4)14(12)11(2)16/h6-8,11,16H,5,9-10H2,1-4H3/t11-/m1/s1. The summed E-state index contributed by atoms with van der Waals surface area (Å²) in [6.45, 7) is 5.89. The van der Waals surface area contributed by atoms with E-state index in [0.717, 1.165) is 24.4 Å². The van der Waals surface area contributed by atoms with E-state index >= 15 is 0 Å². The highest BCUT2D eigenvalue weighted by molar-refractivity contribution is 5.60. The predicted octanol–water partition coefficient (Wildman–Crippen LogP) is 2.22. The fourth-order valence-electron chi connectivity index (χ4n) is 1.93. The van der Waals surface area contributed by atoms with Crippen LogP contribution in [0.3, 0.4) is 0 Å². The van der Waals surface area contributed by atoms with Gasteiger partial charge in [-0.3, -0.25) is 0 Å². The lowest BCUT2D eigenvalue weighted by atomic mass is 10.1. The molecule has 4 nitrogen and oxygen atoms in total. The Bertz CT molecular complexity index is 366. The van der Waals surface area contributed by atoms with Gasteiger partial charge in [0.2, 0.25) is 0 Å². The first-order chi connectivity index (χ1) is 8.61. The van der Waals surface area contributed by atoms with Crippen LogP contribution >= 0.6 is 0 Å². The number of aliphatic hydroxyl groups excluding tert-OH is 1. The monoisotopic (exact) mass is 253 g/mol. The van der Waals surface area contributed by atoms with Crippen LogP contribution in [-0.2, 0) is 4.74 Å². The number of hydrogen-bond donors (Lipinski definition) is 1. The lowest BCUT2D eigenvalue weighted by molar-refractivity contribution is 0.154. The van der Waals surface area contributed by atoms with E-state index in [0.29, 0.717) is 12.4 Å². The normalized spacial score (nSPS) is 12.3. The summed E-state index contributed by atoms with van der Waals surface area (Å²) in [7, 11) is 3.60. The molecular weight excluding hydrogens is 230 g/mol. The van der Waals surface area contributed by atoms with Gasteiger partial charge in [0.1, 0.15) is 5.75 Å². The van der Waals surface area contributed by atoms with Gasteiger partial charge in [0.15, 0.2) is 0 Å². The molecule has 0 heterocycles. The third kappa shape index (κ3) is 3.62. The second-order valence-electron chi connectivity index (χ2n) is 4.19. The number of methoxy groups -OCH3 is 1. The molecule has 4 heteroatoms. The average Bonchev–Trinajstić information content (AvgIpc) is 2.37. The lowest BCUT2D eigenvalue weighted by Crippen LogP contribution is -2.24. The van der Waals surface area contributed by atoms with Crippen molar-refractivity contribution in [2.24, 2.45) is 0 Å². The minimum absolute atomic E-state index is 0.564. The molecule has 18 heavy (non-hydrogen) atoms. The van der Waals surface area contributed by atoms with E-state index in [2.05, 4.69) is 4.90 Å². The van der Waals surface area contributed by atoms with Crippen LogP contribution in [0.15, 0.2) is 18.2 Å². The second kappa shape index (κ2) is 7.24. The Kier molecular flexibility index (Phi) is 5.95. The molecule has 0 bridgehead atoms. The first-order valence-electron chi connectivity index (χ1n) is 6.25. The van der Waals surface area contributed by atoms with E-state index < -0.39 is 6.10 Å². The van der Waals surface area contributed by atoms with Crippen molar-refractivity contribution in [3.63, 3.8) is 0 Å². The summed E-state index contributed by atoms with van der Waals surface area (Å²) in [5.41, 5.74) is 1.79. The summed E-state index contributed by atoms with van der Waals surface area (Å²) in [5, 5.41) is 9.90. The van der Waals surface area contributed by atoms with Gasteiger partial charge in [-0.15, -0.1) is 0 Å². The first-order valence-corrected chi connectivity index (χ1v) is 6.25. The van der Waals surface area contributed by atoms with Crippen molar-refractivity contribution in [2.45, 2.75) is 20.0 Å². The van der Waals surface area contributed by atoms with E-state index in [9.17, 15) is 5.11 Å². The van der Waals surface area contributed by atoms with Crippen molar-refractivity contribution in [1.29, 1.82) is 0 Å². The van der Waals surface area contributed by atoms with Gasteiger partial charge in [-0.05, 0) is 26.0 Å². The molecule has 1 rings (SSSR count). The van der Waals surface area contributed by atoms with Crippen molar-refractivity contribution in [2.75, 3.05) is 38.8 Å². The molecule has 1 N–H and O–H groups in total. The van der Waals surface area contributed by atoms with Gasteiger partial charge in [-0.1, -0.05) is 6.07 Å². The van der Waals surface area contributed by atoms with Gasteiger partial charge in [0.25, 0.3) is 0 Å². The number of ether oxygens (including phenoxy) is 2. The van der Waals surface area contributed by atoms with E-state index in [1.807, 2.05) is 32.2 Å². The Hall–Kier alpha value is -1.26. The summed E-state index contributed by atoms with van der Waals surface area (Å²) in [6, 6.07) is 5.77. The van der Waals surface area contributed by atoms with Crippen molar-refractivity contribution in [3.05, 3.63) is 23.8 Å². The Morgan fingerprint density at radius 1 is 1.39 bits per heavy atom. The number of hydrogen-bond acceptors (Lipinski definition) is 4. The molecule has 1 aromatic rings. The minimum Gasteiger partial charge on any atom is -0.496 e. The van der Waals surface area contributed by atoms with Crippen LogP contribution in [0.2, 0.25) is 0 Å². The van der Waals surface area contributed by atoms with E-state index in [-0.39, 0.29) is 0 Å². The molecule has 0 fully saturated rings. The topological polar surface area (TPSA) is 41.9 Å². The predicted molar refractivity (Wildman–Crippen MR) is 73.4 cm³/mol. The van der Waals surface area contributed by atoms with Gasteiger partial charge in [-0.25, -0.2) is 0 Å². The average molecular weight is 253 g/mol. The van der Waals surface area contributed by atoms with Crippen LogP contribution in [0.25, 0.3) is 0 Å². The summed E-state index contributed by atoms with van der Waals surface area (Å²) in [6.07, 6.45) is -0.564. The first kappa shape index (κ1) is 14.8. The zero-order valence-electron chi connectivity index (χ0n) is 11.6. The van der Waals surface area contributed by atoms with Crippen LogP contribution in [0.4, 0.5) is 5.69 Å². The SMILES string of the molecule is CCOCCN(C)c1cccc(OC)c1[C@@H](C)O. The van der Waals surface area contributed by atoms with Crippen molar-refractivity contribution < 1.29 is 14.6 Å². The van der Waals surface area contributed by atoms with Crippen LogP contribution < -0.4 is 9.64 Å². The van der Waals surface area contributed by atoms with Gasteiger partial charge in [0, 0.05) is 31.5 Å². The van der Waals surface area contributed by atoms with Crippen LogP contribution in [0.1, 0.15) is 25.5 Å². The molecule has 0 amide bonds. The molecule has 0 saturated heterocycles. The quantitative estimate of drug-likeness (QED) is 0.757. The molecule has 0 aromatic heterocycles. The highest BCUT2D eigenvalue weighted by atomic mass is 16.5. The van der Waals surface area contributed by atoms with Crippen molar-refractivity contribution >= 4 is 5.69 Å². The number of benzene rings is 1. The molecule has 0 radical (unpaired) electrons. The highest BCUT2D eigenvalue weighted by Gasteiger charge is 2.16. The molecule has 1 aromatic carbocycles. The van der Waals surface area contributed by atoms with E-state index in [4.69, 9.17) is 9.47 Å². The lowest BCUT2D eigenvalue weighted by Gasteiger charge is -2.25. The third-order valence-corrected chi connectivity index (χ3v) is 2.87. The molecule has 0 aliphatic heterocycles. The molecule has 0 spiro atoms. The molecule has 1 atom stereocenters. The Labute approximate surface area is 109 Å².